The van der Waals surface area contributed by atoms with E-state index >= 15 is 0 Å². The summed E-state index contributed by atoms with van der Waals surface area (Å²) in [4.78, 5) is 13.9. The Morgan fingerprint density at radius 2 is 1.13 bits per heavy atom. The van der Waals surface area contributed by atoms with Crippen molar-refractivity contribution in [2.45, 2.75) is 92.1 Å². The highest BCUT2D eigenvalue weighted by atomic mass is 16.7. The molecule has 2 aromatic carbocycles. The first-order chi connectivity index (χ1) is 26.1. The minimum absolute atomic E-state index is 0.163. The van der Waals surface area contributed by atoms with Gasteiger partial charge in [0.1, 0.15) is 95.7 Å². The van der Waals surface area contributed by atoms with E-state index in [1.54, 1.807) is 0 Å². The van der Waals surface area contributed by atoms with Crippen LogP contribution in [0.25, 0.3) is 22.3 Å². The summed E-state index contributed by atoms with van der Waals surface area (Å²) in [5.41, 5.74) is -1.68. The number of fused-ring (bicyclic) bond motifs is 1. The van der Waals surface area contributed by atoms with Crippen molar-refractivity contribution in [3.05, 3.63) is 40.6 Å². The normalized spacial score (nSPS) is 36.8. The first kappa shape index (κ1) is 40.7. The van der Waals surface area contributed by atoms with E-state index in [0.29, 0.717) is 0 Å². The van der Waals surface area contributed by atoms with E-state index < -0.39 is 157 Å². The van der Waals surface area contributed by atoms with Gasteiger partial charge in [0.05, 0.1) is 19.8 Å². The van der Waals surface area contributed by atoms with E-state index in [1.807, 2.05) is 0 Å². The Balaban J connectivity index is 1.31. The van der Waals surface area contributed by atoms with Gasteiger partial charge < -0.3 is 104 Å². The van der Waals surface area contributed by atoms with Gasteiger partial charge in [-0.15, -0.1) is 0 Å². The lowest BCUT2D eigenvalue weighted by Gasteiger charge is -2.45. The summed E-state index contributed by atoms with van der Waals surface area (Å²) in [5, 5.41) is 143. The van der Waals surface area contributed by atoms with E-state index in [0.717, 1.165) is 24.3 Å². The average molecular weight is 789 g/mol. The fraction of sp³-hybridized carbons (Fsp3) is 0.545. The van der Waals surface area contributed by atoms with Crippen molar-refractivity contribution < 1.29 is 104 Å². The molecule has 0 aliphatic carbocycles. The Kier molecular flexibility index (Phi) is 12.0. The smallest absolute Gasteiger partial charge is 0.239 e. The monoisotopic (exact) mass is 788 g/mol. The summed E-state index contributed by atoms with van der Waals surface area (Å²) < 4.78 is 38.8. The van der Waals surface area contributed by atoms with Crippen molar-refractivity contribution in [3.8, 4) is 40.1 Å². The lowest BCUT2D eigenvalue weighted by Crippen LogP contribution is -2.65. The summed E-state index contributed by atoms with van der Waals surface area (Å²) in [6.07, 6.45) is -26.7. The lowest BCUT2D eigenvalue weighted by atomic mass is 9.97. The number of aromatic hydroxyl groups is 3. The molecule has 15 atom stereocenters. The van der Waals surface area contributed by atoms with Crippen molar-refractivity contribution >= 4 is 11.0 Å². The largest absolute Gasteiger partial charge is 0.508 e. The average Bonchev–Trinajstić information content (AvgIpc) is 3.15. The molecule has 3 fully saturated rings. The quantitative estimate of drug-likeness (QED) is 0.0912. The molecule has 22 nitrogen and oxygen atoms in total. The molecule has 304 valence electrons. The van der Waals surface area contributed by atoms with Crippen molar-refractivity contribution in [2.24, 2.45) is 0 Å². The Hall–Kier alpha value is -3.95. The zero-order valence-corrected chi connectivity index (χ0v) is 28.2. The van der Waals surface area contributed by atoms with Gasteiger partial charge in [-0.1, -0.05) is 0 Å². The zero-order chi connectivity index (χ0) is 40.0. The number of hydrogen-bond donors (Lipinski definition) is 14. The summed E-state index contributed by atoms with van der Waals surface area (Å²) in [6, 6.07) is 5.04. The number of hydrogen-bond acceptors (Lipinski definition) is 22. The van der Waals surface area contributed by atoms with E-state index in [4.69, 9.17) is 32.8 Å². The molecule has 0 amide bonds. The van der Waals surface area contributed by atoms with Crippen LogP contribution in [0.4, 0.5) is 0 Å². The van der Waals surface area contributed by atoms with Gasteiger partial charge in [0.25, 0.3) is 0 Å². The van der Waals surface area contributed by atoms with Crippen molar-refractivity contribution in [1.29, 1.82) is 0 Å². The summed E-state index contributed by atoms with van der Waals surface area (Å²) in [5.74, 6) is -3.69. The molecule has 0 spiro atoms. The molecule has 3 aromatic rings. The Morgan fingerprint density at radius 3 is 1.73 bits per heavy atom. The van der Waals surface area contributed by atoms with E-state index in [2.05, 4.69) is 0 Å². The van der Waals surface area contributed by atoms with Gasteiger partial charge in [0, 0.05) is 17.7 Å². The van der Waals surface area contributed by atoms with Gasteiger partial charge in [0.15, 0.2) is 23.5 Å². The van der Waals surface area contributed by atoms with Crippen LogP contribution in [0.1, 0.15) is 0 Å². The van der Waals surface area contributed by atoms with Crippen LogP contribution in [0.15, 0.2) is 39.5 Å². The van der Waals surface area contributed by atoms with Crippen LogP contribution in [0.3, 0.4) is 0 Å². The Labute approximate surface area is 307 Å². The van der Waals surface area contributed by atoms with Crippen LogP contribution in [0, 0.1) is 0 Å². The topological polar surface area (TPSA) is 369 Å². The molecule has 0 saturated carbocycles. The molecule has 0 unspecified atom stereocenters. The molecule has 1 aromatic heterocycles. The number of aliphatic hydroxyl groups is 11. The molecule has 14 N–H and O–H groups in total. The van der Waals surface area contributed by atoms with Gasteiger partial charge >= 0.3 is 0 Å². The predicted octanol–water partition coefficient (Wildman–Crippen LogP) is -5.24. The molecular formula is C33H40O22. The van der Waals surface area contributed by atoms with Crippen LogP contribution in [-0.4, -0.2) is 183 Å². The highest BCUT2D eigenvalue weighted by molar-refractivity contribution is 5.88. The second-order valence-electron chi connectivity index (χ2n) is 13.0. The maximum Gasteiger partial charge on any atom is 0.239 e. The van der Waals surface area contributed by atoms with E-state index in [9.17, 15) is 76.3 Å². The molecule has 6 rings (SSSR count). The van der Waals surface area contributed by atoms with Crippen LogP contribution in [-0.2, 0) is 18.9 Å². The molecular weight excluding hydrogens is 748 g/mol. The summed E-state index contributed by atoms with van der Waals surface area (Å²) in [7, 11) is 0. The lowest BCUT2D eigenvalue weighted by molar-refractivity contribution is -0.352. The molecule has 0 bridgehead atoms. The first-order valence-electron chi connectivity index (χ1n) is 16.7. The van der Waals surface area contributed by atoms with Crippen LogP contribution >= 0.6 is 0 Å². The number of aliphatic hydroxyl groups excluding tert-OH is 11. The van der Waals surface area contributed by atoms with Gasteiger partial charge in [-0.25, -0.2) is 0 Å². The molecule has 3 aliphatic rings. The predicted molar refractivity (Wildman–Crippen MR) is 174 cm³/mol. The fourth-order valence-electron chi connectivity index (χ4n) is 6.38. The molecule has 22 heteroatoms. The molecule has 3 saturated heterocycles. The summed E-state index contributed by atoms with van der Waals surface area (Å²) >= 11 is 0. The van der Waals surface area contributed by atoms with Crippen molar-refractivity contribution in [1.82, 2.24) is 0 Å². The second-order valence-corrected chi connectivity index (χ2v) is 13.0. The number of ether oxygens (including phenoxy) is 6. The van der Waals surface area contributed by atoms with Crippen molar-refractivity contribution in [2.75, 3.05) is 19.8 Å². The van der Waals surface area contributed by atoms with Crippen molar-refractivity contribution in [3.63, 3.8) is 0 Å². The van der Waals surface area contributed by atoms with Gasteiger partial charge in [0.2, 0.25) is 23.8 Å². The standard InChI is InChI=1S/C33H40O22/c34-6-15-19(40)22(43)25(46)31(51-15)50-13-2-1-9(3-11(13)38)28-30(21(42)18-12(39)4-10(37)5-14(18)49-28)55-33-27(48)24(45)29(17(8-36)53-33)54-32-26(47)23(44)20(41)16(7-35)52-32/h1-5,15-17,19-20,22-27,29,31-41,43-48H,6-8H2/t15-,16+,17-,19-,20+,22+,23-,24-,25-,26+,27-,29-,31-,32-,33+/m0/s1. The zero-order valence-electron chi connectivity index (χ0n) is 28.2. The minimum Gasteiger partial charge on any atom is -0.508 e. The van der Waals surface area contributed by atoms with Gasteiger partial charge in [-0.3, -0.25) is 4.79 Å². The Morgan fingerprint density at radius 1 is 0.582 bits per heavy atom. The third-order valence-corrected chi connectivity index (χ3v) is 9.42. The highest BCUT2D eigenvalue weighted by Gasteiger charge is 2.51. The maximum absolute atomic E-state index is 13.9. The molecule has 3 aliphatic heterocycles. The van der Waals surface area contributed by atoms with Gasteiger partial charge in [-0.05, 0) is 18.2 Å². The van der Waals surface area contributed by atoms with Crippen LogP contribution < -0.4 is 14.9 Å². The SMILES string of the molecule is O=c1c(O[C@H]2O[C@@H](CO)[C@H](O[C@@H]3O[C@H](CO)[C@@H](O)[C@H](O)[C@H]3O)[C@@H](O)[C@@H]2O)c(-c2ccc(O[C@H]3O[C@@H](CO)[C@H](O)[C@@H](O)[C@@H]3O)c(O)c2)oc2cc(O)cc(O)c12. The van der Waals surface area contributed by atoms with Gasteiger partial charge in [-0.2, -0.15) is 0 Å². The maximum atomic E-state index is 13.9. The third-order valence-electron chi connectivity index (χ3n) is 9.42. The number of benzene rings is 2. The first-order valence-corrected chi connectivity index (χ1v) is 16.7. The Bertz CT molecular complexity index is 1870. The molecule has 0 radical (unpaired) electrons. The number of phenols is 3. The second kappa shape index (κ2) is 16.3. The van der Waals surface area contributed by atoms with E-state index in [-0.39, 0.29) is 11.3 Å². The van der Waals surface area contributed by atoms with Crippen LogP contribution in [0.5, 0.6) is 28.7 Å². The van der Waals surface area contributed by atoms with E-state index in [1.165, 1.54) is 6.07 Å². The minimum atomic E-state index is -2.13. The molecule has 55 heavy (non-hydrogen) atoms. The molecule has 4 heterocycles. The number of phenolic OH excluding ortho intramolecular Hbond substituents is 3. The highest BCUT2D eigenvalue weighted by Crippen LogP contribution is 2.41. The third kappa shape index (κ3) is 7.63. The summed E-state index contributed by atoms with van der Waals surface area (Å²) in [6.45, 7) is -2.52. The number of rotatable bonds is 10. The van der Waals surface area contributed by atoms with Crippen LogP contribution in [0.2, 0.25) is 0 Å². The fourth-order valence-corrected chi connectivity index (χ4v) is 6.38.